The number of pyridine rings is 1. The molecule has 0 amide bonds. The van der Waals surface area contributed by atoms with Gasteiger partial charge in [-0.15, -0.1) is 0 Å². The van der Waals surface area contributed by atoms with E-state index in [9.17, 15) is 0 Å². The van der Waals surface area contributed by atoms with Crippen molar-refractivity contribution in [1.82, 2.24) is 15.2 Å². The highest BCUT2D eigenvalue weighted by atomic mass is 32.1. The second-order valence-corrected chi connectivity index (χ2v) is 5.06. The van der Waals surface area contributed by atoms with Crippen LogP contribution in [-0.2, 0) is 6.54 Å². The molecule has 0 bridgehead atoms. The molecule has 0 spiro atoms. The fraction of sp³-hybridized carbons (Fsp3) is 0.538. The topological polar surface area (TPSA) is 48.4 Å². The van der Waals surface area contributed by atoms with Crippen molar-refractivity contribution in [3.8, 4) is 5.88 Å². The van der Waals surface area contributed by atoms with Gasteiger partial charge in [-0.3, -0.25) is 0 Å². The van der Waals surface area contributed by atoms with E-state index >= 15 is 0 Å². The van der Waals surface area contributed by atoms with Gasteiger partial charge in [-0.25, -0.2) is 4.98 Å². The summed E-state index contributed by atoms with van der Waals surface area (Å²) in [5, 5.41) is 13.4. The number of nitrogens with zero attached hydrogens (tertiary/aromatic N) is 2. The van der Waals surface area contributed by atoms with E-state index in [0.29, 0.717) is 6.04 Å². The Bertz CT molecular complexity index is 403. The summed E-state index contributed by atoms with van der Waals surface area (Å²) in [7, 11) is 0. The van der Waals surface area contributed by atoms with Gasteiger partial charge in [0.05, 0.1) is 0 Å². The first kappa shape index (κ1) is 13.1. The van der Waals surface area contributed by atoms with Gasteiger partial charge < -0.3 is 15.3 Å². The highest BCUT2D eigenvalue weighted by Gasteiger charge is 2.23. The van der Waals surface area contributed by atoms with E-state index in [1.165, 1.54) is 12.8 Å². The van der Waals surface area contributed by atoms with E-state index in [0.717, 1.165) is 30.2 Å². The first-order valence-corrected chi connectivity index (χ1v) is 6.79. The van der Waals surface area contributed by atoms with Crippen LogP contribution in [0.5, 0.6) is 5.88 Å². The van der Waals surface area contributed by atoms with Gasteiger partial charge in [-0.2, -0.15) is 0 Å². The average molecular weight is 265 g/mol. The first-order valence-electron chi connectivity index (χ1n) is 6.38. The van der Waals surface area contributed by atoms with E-state index in [4.69, 9.17) is 17.3 Å². The van der Waals surface area contributed by atoms with Crippen molar-refractivity contribution in [2.75, 3.05) is 6.54 Å². The van der Waals surface area contributed by atoms with Crippen LogP contribution in [-0.4, -0.2) is 32.7 Å². The molecular weight excluding hydrogens is 246 g/mol. The molecule has 0 saturated heterocycles. The number of rotatable bonds is 5. The Kier molecular flexibility index (Phi) is 4.36. The quantitative estimate of drug-likeness (QED) is 0.798. The molecule has 1 aliphatic rings. The smallest absolute Gasteiger partial charge is 0.210 e. The van der Waals surface area contributed by atoms with Crippen LogP contribution < -0.4 is 5.32 Å². The molecule has 1 heterocycles. The number of nitrogens with one attached hydrogen (secondary N) is 1. The van der Waals surface area contributed by atoms with Crippen molar-refractivity contribution < 1.29 is 5.11 Å². The molecule has 2 N–H and O–H groups in total. The van der Waals surface area contributed by atoms with Gasteiger partial charge in [-0.1, -0.05) is 13.0 Å². The second-order valence-electron chi connectivity index (χ2n) is 4.67. The lowest BCUT2D eigenvalue weighted by atomic mass is 10.2. The summed E-state index contributed by atoms with van der Waals surface area (Å²) >= 11 is 5.43. The minimum absolute atomic E-state index is 0.0551. The monoisotopic (exact) mass is 265 g/mol. The van der Waals surface area contributed by atoms with E-state index in [-0.39, 0.29) is 5.88 Å². The Hall–Kier alpha value is -1.36. The maximum Gasteiger partial charge on any atom is 0.210 e. The SMILES string of the molecule is CCCN(Cc1ccc(O)nc1)C(=S)NC1CC1. The van der Waals surface area contributed by atoms with Crippen molar-refractivity contribution in [3.63, 3.8) is 0 Å². The molecule has 0 atom stereocenters. The molecule has 98 valence electrons. The zero-order valence-electron chi connectivity index (χ0n) is 10.6. The second kappa shape index (κ2) is 6.00. The Labute approximate surface area is 113 Å². The van der Waals surface area contributed by atoms with Gasteiger partial charge in [0.25, 0.3) is 0 Å². The van der Waals surface area contributed by atoms with E-state index in [1.54, 1.807) is 12.3 Å². The van der Waals surface area contributed by atoms with Crippen LogP contribution in [0, 0.1) is 0 Å². The van der Waals surface area contributed by atoms with Crippen LogP contribution in [0.25, 0.3) is 0 Å². The minimum atomic E-state index is 0.0551. The van der Waals surface area contributed by atoms with Crippen molar-refractivity contribution >= 4 is 17.3 Å². The third kappa shape index (κ3) is 3.84. The minimum Gasteiger partial charge on any atom is -0.493 e. The summed E-state index contributed by atoms with van der Waals surface area (Å²) < 4.78 is 0. The molecule has 0 unspecified atom stereocenters. The molecule has 5 heteroatoms. The molecule has 0 aromatic carbocycles. The van der Waals surface area contributed by atoms with Crippen LogP contribution in [0.3, 0.4) is 0 Å². The number of hydrogen-bond donors (Lipinski definition) is 2. The molecule has 1 aromatic heterocycles. The molecule has 18 heavy (non-hydrogen) atoms. The third-order valence-corrected chi connectivity index (χ3v) is 3.24. The highest BCUT2D eigenvalue weighted by molar-refractivity contribution is 7.80. The van der Waals surface area contributed by atoms with Gasteiger partial charge in [0.2, 0.25) is 5.88 Å². The predicted molar refractivity (Wildman–Crippen MR) is 75.4 cm³/mol. The van der Waals surface area contributed by atoms with Gasteiger partial charge in [0.1, 0.15) is 0 Å². The van der Waals surface area contributed by atoms with Gasteiger partial charge in [0, 0.05) is 31.4 Å². The van der Waals surface area contributed by atoms with E-state index in [2.05, 4.69) is 22.1 Å². The Morgan fingerprint density at radius 3 is 2.89 bits per heavy atom. The number of hydrogen-bond acceptors (Lipinski definition) is 3. The van der Waals surface area contributed by atoms with Crippen molar-refractivity contribution in [3.05, 3.63) is 23.9 Å². The summed E-state index contributed by atoms with van der Waals surface area (Å²) in [4.78, 5) is 6.04. The summed E-state index contributed by atoms with van der Waals surface area (Å²) in [6.07, 6.45) is 5.19. The normalized spacial score (nSPS) is 14.3. The van der Waals surface area contributed by atoms with Crippen LogP contribution in [0.4, 0.5) is 0 Å². The number of thiocarbonyl (C=S) groups is 1. The lowest BCUT2D eigenvalue weighted by Crippen LogP contribution is -2.40. The summed E-state index contributed by atoms with van der Waals surface area (Å²) in [5.41, 5.74) is 1.06. The molecule has 1 fully saturated rings. The Balaban J connectivity index is 1.95. The number of aromatic hydroxyl groups is 1. The lowest BCUT2D eigenvalue weighted by Gasteiger charge is -2.25. The molecule has 4 nitrogen and oxygen atoms in total. The third-order valence-electron chi connectivity index (χ3n) is 2.87. The molecule has 2 rings (SSSR count). The van der Waals surface area contributed by atoms with Gasteiger partial charge >= 0.3 is 0 Å². The van der Waals surface area contributed by atoms with E-state index < -0.39 is 0 Å². The maximum absolute atomic E-state index is 9.17. The van der Waals surface area contributed by atoms with Crippen molar-refractivity contribution in [1.29, 1.82) is 0 Å². The van der Waals surface area contributed by atoms with Gasteiger partial charge in [0.15, 0.2) is 5.11 Å². The highest BCUT2D eigenvalue weighted by Crippen LogP contribution is 2.19. The van der Waals surface area contributed by atoms with Gasteiger partial charge in [-0.05, 0) is 37.0 Å². The fourth-order valence-electron chi connectivity index (χ4n) is 1.75. The molecule has 0 radical (unpaired) electrons. The van der Waals surface area contributed by atoms with Crippen LogP contribution in [0.1, 0.15) is 31.7 Å². The zero-order chi connectivity index (χ0) is 13.0. The van der Waals surface area contributed by atoms with Crippen LogP contribution >= 0.6 is 12.2 Å². The fourth-order valence-corrected chi connectivity index (χ4v) is 2.07. The van der Waals surface area contributed by atoms with E-state index in [1.807, 2.05) is 6.07 Å². The zero-order valence-corrected chi connectivity index (χ0v) is 11.4. The summed E-state index contributed by atoms with van der Waals surface area (Å²) in [6, 6.07) is 4.07. The van der Waals surface area contributed by atoms with Crippen LogP contribution in [0.15, 0.2) is 18.3 Å². The number of aromatic nitrogens is 1. The molecule has 0 aliphatic heterocycles. The molecular formula is C13H19N3OS. The molecule has 1 aromatic rings. The maximum atomic E-state index is 9.17. The standard InChI is InChI=1S/C13H19N3OS/c1-2-7-16(13(18)15-11-4-5-11)9-10-3-6-12(17)14-8-10/h3,6,8,11H,2,4-5,7,9H2,1H3,(H,14,17)(H,15,18). The summed E-state index contributed by atoms with van der Waals surface area (Å²) in [5.74, 6) is 0.0551. The van der Waals surface area contributed by atoms with Crippen molar-refractivity contribution in [2.45, 2.75) is 38.8 Å². The van der Waals surface area contributed by atoms with Crippen LogP contribution in [0.2, 0.25) is 0 Å². The lowest BCUT2D eigenvalue weighted by molar-refractivity contribution is 0.402. The predicted octanol–water partition coefficient (Wildman–Crippen LogP) is 2.04. The first-order chi connectivity index (χ1) is 8.69. The molecule has 1 saturated carbocycles. The Morgan fingerprint density at radius 1 is 1.56 bits per heavy atom. The Morgan fingerprint density at radius 2 is 2.33 bits per heavy atom. The summed E-state index contributed by atoms with van der Waals surface area (Å²) in [6.45, 7) is 3.81. The largest absolute Gasteiger partial charge is 0.493 e. The molecule has 1 aliphatic carbocycles. The average Bonchev–Trinajstić information content (AvgIpc) is 3.15. The van der Waals surface area contributed by atoms with Crippen molar-refractivity contribution in [2.24, 2.45) is 0 Å².